The Bertz CT molecular complexity index is 1430. The van der Waals surface area contributed by atoms with E-state index < -0.39 is 10.0 Å². The van der Waals surface area contributed by atoms with Gasteiger partial charge in [0.05, 0.1) is 20.6 Å². The van der Waals surface area contributed by atoms with E-state index in [2.05, 4.69) is 9.62 Å². The van der Waals surface area contributed by atoms with Gasteiger partial charge < -0.3 is 14.4 Å². The summed E-state index contributed by atoms with van der Waals surface area (Å²) >= 11 is 12.4. The number of aryl methyl sites for hydroxylation is 2. The molecule has 0 spiro atoms. The number of benzene rings is 3. The van der Waals surface area contributed by atoms with Crippen molar-refractivity contribution >= 4 is 38.9 Å². The maximum atomic E-state index is 13.3. The molecule has 1 heterocycles. The van der Waals surface area contributed by atoms with E-state index >= 15 is 0 Å². The van der Waals surface area contributed by atoms with Crippen LogP contribution in [0.5, 0.6) is 17.2 Å². The van der Waals surface area contributed by atoms with Crippen molar-refractivity contribution in [3.8, 4) is 23.3 Å². The maximum Gasteiger partial charge on any atom is 0.262 e. The molecule has 0 radical (unpaired) electrons. The third kappa shape index (κ3) is 5.71. The first-order valence-electron chi connectivity index (χ1n) is 11.2. The molecule has 7 nitrogen and oxygen atoms in total. The van der Waals surface area contributed by atoms with Crippen LogP contribution >= 0.6 is 23.2 Å². The lowest BCUT2D eigenvalue weighted by Crippen LogP contribution is -2.21. The Kier molecular flexibility index (Phi) is 7.67. The lowest BCUT2D eigenvalue weighted by Gasteiger charge is -2.18. The van der Waals surface area contributed by atoms with Gasteiger partial charge in [-0.05, 0) is 74.8 Å². The predicted molar refractivity (Wildman–Crippen MR) is 141 cm³/mol. The Hall–Kier alpha value is -2.96. The predicted octanol–water partition coefficient (Wildman–Crippen LogP) is 6.16. The number of likely N-dealkylation sites (tertiary alicyclic amines) is 1. The van der Waals surface area contributed by atoms with Crippen LogP contribution in [0, 0.1) is 25.2 Å². The third-order valence-corrected chi connectivity index (χ3v) is 8.16. The second kappa shape index (κ2) is 10.6. The molecule has 0 amide bonds. The number of nitriles is 1. The number of sulfonamides is 1. The van der Waals surface area contributed by atoms with Gasteiger partial charge in [-0.15, -0.1) is 0 Å². The first-order valence-corrected chi connectivity index (χ1v) is 13.5. The lowest BCUT2D eigenvalue weighted by molar-refractivity contribution is 0.208. The molecule has 1 aliphatic rings. The van der Waals surface area contributed by atoms with Crippen molar-refractivity contribution in [3.63, 3.8) is 0 Å². The lowest BCUT2D eigenvalue weighted by atomic mass is 10.1. The Morgan fingerprint density at radius 1 is 1.06 bits per heavy atom. The van der Waals surface area contributed by atoms with Crippen LogP contribution in [0.1, 0.15) is 23.1 Å². The number of nitrogens with zero attached hydrogens (tertiary/aromatic N) is 2. The van der Waals surface area contributed by atoms with Crippen LogP contribution < -0.4 is 14.2 Å². The molecule has 1 aliphatic heterocycles. The molecule has 188 valence electrons. The van der Waals surface area contributed by atoms with E-state index in [1.54, 1.807) is 62.4 Å². The monoisotopic (exact) mass is 545 g/mol. The molecule has 3 aromatic carbocycles. The number of hydrogen-bond donors (Lipinski definition) is 1. The molecule has 4 rings (SSSR count). The van der Waals surface area contributed by atoms with Gasteiger partial charge in [-0.1, -0.05) is 29.3 Å². The van der Waals surface area contributed by atoms with E-state index in [0.29, 0.717) is 39.1 Å². The topological polar surface area (TPSA) is 91.7 Å². The molecule has 1 fully saturated rings. The summed E-state index contributed by atoms with van der Waals surface area (Å²) in [5.41, 5.74) is 1.52. The van der Waals surface area contributed by atoms with E-state index in [9.17, 15) is 13.7 Å². The minimum Gasteiger partial charge on any atom is -0.487 e. The van der Waals surface area contributed by atoms with Gasteiger partial charge in [0.15, 0.2) is 0 Å². The van der Waals surface area contributed by atoms with E-state index in [1.165, 1.54) is 0 Å². The average Bonchev–Trinajstić information content (AvgIpc) is 3.20. The first-order chi connectivity index (χ1) is 17.1. The number of rotatable bonds is 7. The number of ether oxygens (including phenoxy) is 2. The largest absolute Gasteiger partial charge is 0.487 e. The third-order valence-electron chi connectivity index (χ3n) is 5.84. The fourth-order valence-electron chi connectivity index (χ4n) is 4.25. The van der Waals surface area contributed by atoms with Gasteiger partial charge in [0.25, 0.3) is 10.0 Å². The normalized spacial score (nSPS) is 15.9. The number of nitrogens with one attached hydrogen (secondary N) is 1. The molecule has 36 heavy (non-hydrogen) atoms. The second-order valence-electron chi connectivity index (χ2n) is 8.75. The summed E-state index contributed by atoms with van der Waals surface area (Å²) in [6.45, 7) is 5.08. The van der Waals surface area contributed by atoms with Crippen molar-refractivity contribution in [2.45, 2.75) is 31.3 Å². The zero-order valence-corrected chi connectivity index (χ0v) is 22.3. The zero-order chi connectivity index (χ0) is 26.0. The quantitative estimate of drug-likeness (QED) is 0.382. The molecular formula is C26H25Cl2N3O4S. The van der Waals surface area contributed by atoms with Crippen molar-refractivity contribution in [1.29, 1.82) is 5.26 Å². The van der Waals surface area contributed by atoms with Crippen molar-refractivity contribution < 1.29 is 17.9 Å². The van der Waals surface area contributed by atoms with Gasteiger partial charge in [0, 0.05) is 19.2 Å². The Morgan fingerprint density at radius 2 is 1.78 bits per heavy atom. The smallest absolute Gasteiger partial charge is 0.262 e. The molecule has 0 aliphatic carbocycles. The molecule has 1 unspecified atom stereocenters. The van der Waals surface area contributed by atoms with Crippen LogP contribution in [0.3, 0.4) is 0 Å². The maximum absolute atomic E-state index is 13.3. The molecule has 10 heteroatoms. The van der Waals surface area contributed by atoms with Gasteiger partial charge in [-0.25, -0.2) is 8.42 Å². The van der Waals surface area contributed by atoms with Crippen LogP contribution in [0.25, 0.3) is 0 Å². The van der Waals surface area contributed by atoms with Gasteiger partial charge in [-0.3, -0.25) is 4.72 Å². The summed E-state index contributed by atoms with van der Waals surface area (Å²) in [5.74, 6) is 1.12. The van der Waals surface area contributed by atoms with E-state index in [0.717, 1.165) is 19.5 Å². The first kappa shape index (κ1) is 26.1. The minimum absolute atomic E-state index is 0.00237. The molecule has 1 atom stereocenters. The highest BCUT2D eigenvalue weighted by Gasteiger charge is 2.24. The van der Waals surface area contributed by atoms with Crippen molar-refractivity contribution in [3.05, 3.63) is 75.3 Å². The SMILES string of the molecule is Cc1cc(Oc2cccc(Cl)c2C#N)cc(C)c1S(=O)(=O)Nc1ccc(Cl)c(OC2CCN(C)C2)c1. The van der Waals surface area contributed by atoms with Crippen molar-refractivity contribution in [2.24, 2.45) is 0 Å². The standard InChI is InChI=1S/C26H25Cl2N3O4S/c1-16-11-20(35-24-6-4-5-22(27)21(24)14-29)12-17(2)26(16)36(32,33)30-18-7-8-23(28)25(13-18)34-19-9-10-31(3)15-19/h4-8,11-13,19,30H,9-10,15H2,1-3H3. The fraction of sp³-hybridized carbons (Fsp3) is 0.269. The number of anilines is 1. The summed E-state index contributed by atoms with van der Waals surface area (Å²) in [4.78, 5) is 2.30. The Labute approximate surface area is 221 Å². The minimum atomic E-state index is -3.94. The number of hydrogen-bond acceptors (Lipinski definition) is 6. The zero-order valence-electron chi connectivity index (χ0n) is 20.0. The number of likely N-dealkylation sites (N-methyl/N-ethyl adjacent to an activating group) is 1. The summed E-state index contributed by atoms with van der Waals surface area (Å²) in [6, 6.07) is 15.0. The van der Waals surface area contributed by atoms with Gasteiger partial charge in [0.1, 0.15) is 35.0 Å². The molecule has 1 N–H and O–H groups in total. The molecule has 0 aromatic heterocycles. The highest BCUT2D eigenvalue weighted by Crippen LogP contribution is 2.35. The van der Waals surface area contributed by atoms with Gasteiger partial charge in [-0.2, -0.15) is 5.26 Å². The fourth-order valence-corrected chi connectivity index (χ4v) is 6.13. The van der Waals surface area contributed by atoms with Crippen LogP contribution in [-0.4, -0.2) is 39.6 Å². The summed E-state index contributed by atoms with van der Waals surface area (Å²) in [6.07, 6.45) is 0.873. The summed E-state index contributed by atoms with van der Waals surface area (Å²) in [5, 5.41) is 10.1. The van der Waals surface area contributed by atoms with Crippen molar-refractivity contribution in [1.82, 2.24) is 4.90 Å². The molecular weight excluding hydrogens is 521 g/mol. The van der Waals surface area contributed by atoms with Crippen LogP contribution in [-0.2, 0) is 10.0 Å². The van der Waals surface area contributed by atoms with E-state index in [4.69, 9.17) is 32.7 Å². The summed E-state index contributed by atoms with van der Waals surface area (Å²) < 4.78 is 41.2. The molecule has 3 aromatic rings. The molecule has 0 saturated carbocycles. The average molecular weight is 546 g/mol. The molecule has 1 saturated heterocycles. The van der Waals surface area contributed by atoms with Crippen LogP contribution in [0.2, 0.25) is 10.0 Å². The van der Waals surface area contributed by atoms with Crippen LogP contribution in [0.4, 0.5) is 5.69 Å². The van der Waals surface area contributed by atoms with E-state index in [-0.39, 0.29) is 21.6 Å². The highest BCUT2D eigenvalue weighted by molar-refractivity contribution is 7.92. The molecule has 0 bridgehead atoms. The second-order valence-corrected chi connectivity index (χ2v) is 11.2. The Balaban J connectivity index is 1.58. The Morgan fingerprint density at radius 3 is 2.42 bits per heavy atom. The van der Waals surface area contributed by atoms with Gasteiger partial charge >= 0.3 is 0 Å². The summed E-state index contributed by atoms with van der Waals surface area (Å²) in [7, 11) is -1.91. The number of halogens is 2. The highest BCUT2D eigenvalue weighted by atomic mass is 35.5. The van der Waals surface area contributed by atoms with Gasteiger partial charge in [0.2, 0.25) is 0 Å². The van der Waals surface area contributed by atoms with Crippen molar-refractivity contribution in [2.75, 3.05) is 24.9 Å². The van der Waals surface area contributed by atoms with Crippen LogP contribution in [0.15, 0.2) is 53.4 Å². The van der Waals surface area contributed by atoms with E-state index in [1.807, 2.05) is 13.1 Å².